The topological polar surface area (TPSA) is 56.8 Å². The summed E-state index contributed by atoms with van der Waals surface area (Å²) < 4.78 is 0. The van der Waals surface area contributed by atoms with E-state index < -0.39 is 0 Å². The Morgan fingerprint density at radius 2 is 1.65 bits per heavy atom. The van der Waals surface area contributed by atoms with Crippen molar-refractivity contribution in [3.63, 3.8) is 0 Å². The second-order valence-electron chi connectivity index (χ2n) is 10.8. The van der Waals surface area contributed by atoms with Gasteiger partial charge >= 0.3 is 0 Å². The minimum Gasteiger partial charge on any atom is -0.333 e. The van der Waals surface area contributed by atoms with Crippen LogP contribution in [0.15, 0.2) is 91.1 Å². The molecule has 0 saturated carbocycles. The second-order valence-corrected chi connectivity index (χ2v) is 10.8. The van der Waals surface area contributed by atoms with Crippen LogP contribution in [0.5, 0.6) is 0 Å². The first-order valence-corrected chi connectivity index (χ1v) is 14.3. The highest BCUT2D eigenvalue weighted by atomic mass is 16.2. The van der Waals surface area contributed by atoms with Crippen molar-refractivity contribution in [1.29, 1.82) is 0 Å². The maximum atomic E-state index is 14.0. The number of hydrogen-bond donors (Lipinski definition) is 0. The lowest BCUT2D eigenvalue weighted by Gasteiger charge is -2.30. The van der Waals surface area contributed by atoms with Crippen molar-refractivity contribution in [2.75, 3.05) is 31.1 Å². The average molecular weight is 535 g/mol. The normalized spacial score (nSPS) is 15.1. The van der Waals surface area contributed by atoms with E-state index in [0.717, 1.165) is 47.2 Å². The van der Waals surface area contributed by atoms with Gasteiger partial charge in [0.15, 0.2) is 0 Å². The van der Waals surface area contributed by atoms with Gasteiger partial charge in [-0.25, -0.2) is 0 Å². The molecule has 6 nitrogen and oxygen atoms in total. The number of fused-ring (bicyclic) bond motifs is 2. The van der Waals surface area contributed by atoms with Crippen LogP contribution < -0.4 is 4.90 Å². The lowest BCUT2D eigenvalue weighted by molar-refractivity contribution is -0.118. The first-order chi connectivity index (χ1) is 19.5. The van der Waals surface area contributed by atoms with Crippen LogP contribution in [-0.2, 0) is 17.8 Å². The van der Waals surface area contributed by atoms with Gasteiger partial charge in [-0.3, -0.25) is 19.5 Å². The van der Waals surface area contributed by atoms with Crippen molar-refractivity contribution in [3.05, 3.63) is 108 Å². The largest absolute Gasteiger partial charge is 0.333 e. The quantitative estimate of drug-likeness (QED) is 0.317. The lowest BCUT2D eigenvalue weighted by Crippen LogP contribution is -2.41. The Morgan fingerprint density at radius 3 is 2.48 bits per heavy atom. The number of nitrogens with zero attached hydrogens (tertiary/aromatic N) is 4. The molecule has 0 bridgehead atoms. The summed E-state index contributed by atoms with van der Waals surface area (Å²) in [5.41, 5.74) is 4.58. The summed E-state index contributed by atoms with van der Waals surface area (Å²) in [7, 11) is 0. The molecule has 5 rings (SSSR count). The number of anilines is 1. The molecule has 0 radical (unpaired) electrons. The molecule has 3 aromatic carbocycles. The van der Waals surface area contributed by atoms with Gasteiger partial charge in [0.25, 0.3) is 5.91 Å². The molecule has 40 heavy (non-hydrogen) atoms. The highest BCUT2D eigenvalue weighted by molar-refractivity contribution is 5.98. The molecule has 206 valence electrons. The van der Waals surface area contributed by atoms with Gasteiger partial charge in [-0.05, 0) is 68.1 Å². The Labute approximate surface area is 237 Å². The maximum absolute atomic E-state index is 14.0. The van der Waals surface area contributed by atoms with Crippen molar-refractivity contribution < 1.29 is 9.59 Å². The summed E-state index contributed by atoms with van der Waals surface area (Å²) in [6.07, 6.45) is 3.79. The Bertz CT molecular complexity index is 1450. The molecular formula is C34H38N4O2. The van der Waals surface area contributed by atoms with Crippen LogP contribution in [0.3, 0.4) is 0 Å². The first kappa shape index (κ1) is 27.5. The van der Waals surface area contributed by atoms with Gasteiger partial charge in [-0.1, -0.05) is 54.6 Å². The van der Waals surface area contributed by atoms with Crippen molar-refractivity contribution >= 4 is 28.4 Å². The van der Waals surface area contributed by atoms with Crippen LogP contribution in [0.25, 0.3) is 10.9 Å². The third kappa shape index (κ3) is 6.57. The number of pyridine rings is 1. The van der Waals surface area contributed by atoms with Crippen molar-refractivity contribution in [3.8, 4) is 0 Å². The monoisotopic (exact) mass is 534 g/mol. The summed E-state index contributed by atoms with van der Waals surface area (Å²) in [5.74, 6) is 0.108. The van der Waals surface area contributed by atoms with E-state index in [1.165, 1.54) is 0 Å². The fourth-order valence-electron chi connectivity index (χ4n) is 5.48. The SMILES string of the molecule is CC(C)N1CCCN(C(=O)CCc2ccccc2)c2ccccc2CN(C(=O)c2ccc3ncccc3c2)CC1. The molecule has 2 amide bonds. The molecule has 1 aliphatic rings. The Kier molecular flexibility index (Phi) is 8.87. The number of aromatic nitrogens is 1. The van der Waals surface area contributed by atoms with Gasteiger partial charge in [0.1, 0.15) is 0 Å². The zero-order valence-corrected chi connectivity index (χ0v) is 23.5. The van der Waals surface area contributed by atoms with Gasteiger partial charge in [0.2, 0.25) is 5.91 Å². The summed E-state index contributed by atoms with van der Waals surface area (Å²) in [6.45, 7) is 7.74. The Hall–Kier alpha value is -4.03. The number of carbonyl (C=O) groups excluding carboxylic acids is 2. The molecule has 0 unspecified atom stereocenters. The highest BCUT2D eigenvalue weighted by Gasteiger charge is 2.25. The molecule has 1 aromatic heterocycles. The minimum absolute atomic E-state index is 0.00883. The summed E-state index contributed by atoms with van der Waals surface area (Å²) in [4.78, 5) is 38.3. The summed E-state index contributed by atoms with van der Waals surface area (Å²) in [5, 5.41) is 0.950. The summed E-state index contributed by atoms with van der Waals surface area (Å²) in [6, 6.07) is 28.2. The number of para-hydroxylation sites is 1. The predicted octanol–water partition coefficient (Wildman–Crippen LogP) is 5.96. The van der Waals surface area contributed by atoms with Crippen LogP contribution in [0.4, 0.5) is 5.69 Å². The number of carbonyl (C=O) groups is 2. The van der Waals surface area contributed by atoms with E-state index in [1.54, 1.807) is 6.20 Å². The standard InChI is InChI=1S/C34H38N4O2/c1-26(2)36-20-9-21-38(33(39)18-15-27-10-4-3-5-11-27)32-14-7-6-12-30(32)25-37(23-22-36)34(40)29-16-17-31-28(24-29)13-8-19-35-31/h3-8,10-14,16-17,19,24,26H,9,15,18,20-23,25H2,1-2H3. The fourth-order valence-corrected chi connectivity index (χ4v) is 5.48. The zero-order valence-electron chi connectivity index (χ0n) is 23.5. The number of aryl methyl sites for hydroxylation is 1. The van der Waals surface area contributed by atoms with Gasteiger partial charge in [-0.15, -0.1) is 0 Å². The smallest absolute Gasteiger partial charge is 0.254 e. The number of amides is 2. The number of hydrogen-bond acceptors (Lipinski definition) is 4. The van der Waals surface area contributed by atoms with Crippen LogP contribution in [0.1, 0.15) is 48.2 Å². The molecule has 6 heteroatoms. The second kappa shape index (κ2) is 12.9. The van der Waals surface area contributed by atoms with Crippen LogP contribution in [0, 0.1) is 0 Å². The molecule has 1 aliphatic heterocycles. The molecule has 4 aromatic rings. The highest BCUT2D eigenvalue weighted by Crippen LogP contribution is 2.26. The molecule has 0 N–H and O–H groups in total. The van der Waals surface area contributed by atoms with Gasteiger partial charge in [-0.2, -0.15) is 0 Å². The van der Waals surface area contributed by atoms with Crippen molar-refractivity contribution in [2.45, 2.75) is 45.7 Å². The number of benzene rings is 3. The first-order valence-electron chi connectivity index (χ1n) is 14.3. The van der Waals surface area contributed by atoms with E-state index in [0.29, 0.717) is 44.1 Å². The molecule has 0 saturated heterocycles. The number of rotatable bonds is 5. The Balaban J connectivity index is 1.45. The Morgan fingerprint density at radius 1 is 0.850 bits per heavy atom. The van der Waals surface area contributed by atoms with E-state index >= 15 is 0 Å². The van der Waals surface area contributed by atoms with Gasteiger partial charge < -0.3 is 9.80 Å². The zero-order chi connectivity index (χ0) is 27.9. The molecule has 0 fully saturated rings. The third-order valence-electron chi connectivity index (χ3n) is 7.77. The minimum atomic E-state index is -0.00883. The van der Waals surface area contributed by atoms with Crippen LogP contribution >= 0.6 is 0 Å². The molecule has 0 aliphatic carbocycles. The van der Waals surface area contributed by atoms with E-state index in [1.807, 2.05) is 76.5 Å². The maximum Gasteiger partial charge on any atom is 0.254 e. The van der Waals surface area contributed by atoms with Crippen LogP contribution in [0.2, 0.25) is 0 Å². The molecule has 2 heterocycles. The van der Waals surface area contributed by atoms with Crippen molar-refractivity contribution in [2.24, 2.45) is 0 Å². The molecular weight excluding hydrogens is 496 g/mol. The van der Waals surface area contributed by atoms with E-state index in [9.17, 15) is 9.59 Å². The fraction of sp³-hybridized carbons (Fsp3) is 0.324. The van der Waals surface area contributed by atoms with E-state index in [2.05, 4.69) is 41.9 Å². The summed E-state index contributed by atoms with van der Waals surface area (Å²) >= 11 is 0. The average Bonchev–Trinajstić information content (AvgIpc) is 3.02. The third-order valence-corrected chi connectivity index (χ3v) is 7.77. The van der Waals surface area contributed by atoms with Crippen molar-refractivity contribution in [1.82, 2.24) is 14.8 Å². The predicted molar refractivity (Wildman–Crippen MR) is 161 cm³/mol. The van der Waals surface area contributed by atoms with Crippen LogP contribution in [-0.4, -0.2) is 58.8 Å². The van der Waals surface area contributed by atoms with Gasteiger partial charge in [0.05, 0.1) is 5.52 Å². The van der Waals surface area contributed by atoms with Gasteiger partial charge in [0, 0.05) is 68.0 Å². The molecule has 0 atom stereocenters. The van der Waals surface area contributed by atoms with E-state index in [-0.39, 0.29) is 11.8 Å². The van der Waals surface area contributed by atoms with E-state index in [4.69, 9.17) is 0 Å². The molecule has 0 spiro atoms. The lowest BCUT2D eigenvalue weighted by atomic mass is 10.1.